The Morgan fingerprint density at radius 2 is 1.69 bits per heavy atom. The number of anilines is 3. The first-order valence-electron chi connectivity index (χ1n) is 11.3. The lowest BCUT2D eigenvalue weighted by Crippen LogP contribution is -2.46. The van der Waals surface area contributed by atoms with Gasteiger partial charge in [0.15, 0.2) is 5.13 Å². The summed E-state index contributed by atoms with van der Waals surface area (Å²) in [6, 6.07) is 23.4. The van der Waals surface area contributed by atoms with Crippen molar-refractivity contribution in [1.82, 2.24) is 4.98 Å². The normalized spacial score (nSPS) is 13.6. The third kappa shape index (κ3) is 5.47. The van der Waals surface area contributed by atoms with E-state index in [-0.39, 0.29) is 10.6 Å². The number of hydrogen-bond acceptors (Lipinski definition) is 7. The van der Waals surface area contributed by atoms with Crippen molar-refractivity contribution in [3.8, 4) is 11.3 Å². The van der Waals surface area contributed by atoms with Crippen LogP contribution in [0.15, 0.2) is 82.6 Å². The first-order valence-corrected chi connectivity index (χ1v) is 13.0. The van der Waals surface area contributed by atoms with Crippen LogP contribution in [-0.2, 0) is 6.54 Å². The first-order chi connectivity index (χ1) is 17.1. The average molecular weight is 550 g/mol. The number of hydrogen-bond donors (Lipinski definition) is 1. The lowest BCUT2D eigenvalue weighted by atomic mass is 10.2. The van der Waals surface area contributed by atoms with E-state index in [2.05, 4.69) is 48.6 Å². The number of nitro benzene ring substituents is 1. The molecule has 1 aliphatic heterocycles. The standard InChI is InChI=1S/C26H24BrN5O2S/c27-21-8-6-20(7-9-21)24-18-35-26(29-24)31-14-12-30(13-15-31)22-10-11-25(32(33)34)23(16-22)28-17-19-4-2-1-3-5-19/h1-11,16,18,28H,12-15,17H2. The number of piperazine rings is 1. The van der Waals surface area contributed by atoms with Gasteiger partial charge < -0.3 is 15.1 Å². The van der Waals surface area contributed by atoms with Crippen molar-refractivity contribution in [2.24, 2.45) is 0 Å². The molecule has 9 heteroatoms. The molecule has 0 atom stereocenters. The van der Waals surface area contributed by atoms with E-state index in [4.69, 9.17) is 4.98 Å². The molecule has 0 amide bonds. The van der Waals surface area contributed by atoms with Crippen LogP contribution in [0.25, 0.3) is 11.3 Å². The molecule has 1 N–H and O–H groups in total. The molecule has 0 spiro atoms. The van der Waals surface area contributed by atoms with E-state index >= 15 is 0 Å². The van der Waals surface area contributed by atoms with Crippen molar-refractivity contribution in [1.29, 1.82) is 0 Å². The van der Waals surface area contributed by atoms with Crippen molar-refractivity contribution in [3.05, 3.63) is 98.3 Å². The predicted molar refractivity (Wildman–Crippen MR) is 147 cm³/mol. The predicted octanol–water partition coefficient (Wildman–Crippen LogP) is 6.42. The van der Waals surface area contributed by atoms with Gasteiger partial charge in [-0.25, -0.2) is 4.98 Å². The van der Waals surface area contributed by atoms with E-state index in [0.717, 1.165) is 58.3 Å². The first kappa shape index (κ1) is 23.3. The van der Waals surface area contributed by atoms with E-state index < -0.39 is 0 Å². The Bertz CT molecular complexity index is 1310. The lowest BCUT2D eigenvalue weighted by Gasteiger charge is -2.36. The number of nitrogens with zero attached hydrogens (tertiary/aromatic N) is 4. The molecule has 0 unspecified atom stereocenters. The molecule has 5 rings (SSSR count). The van der Waals surface area contributed by atoms with E-state index in [1.807, 2.05) is 54.6 Å². The maximum atomic E-state index is 11.6. The molecule has 3 aromatic carbocycles. The molecule has 7 nitrogen and oxygen atoms in total. The molecule has 1 aromatic heterocycles. The summed E-state index contributed by atoms with van der Waals surface area (Å²) in [5.74, 6) is 0. The zero-order valence-corrected chi connectivity index (χ0v) is 21.3. The van der Waals surface area contributed by atoms with Crippen LogP contribution in [0, 0.1) is 10.1 Å². The van der Waals surface area contributed by atoms with E-state index in [0.29, 0.717) is 12.2 Å². The summed E-state index contributed by atoms with van der Waals surface area (Å²) in [4.78, 5) is 20.7. The van der Waals surface area contributed by atoms with Crippen LogP contribution in [0.2, 0.25) is 0 Å². The van der Waals surface area contributed by atoms with Crippen molar-refractivity contribution in [2.75, 3.05) is 41.3 Å². The molecule has 0 aliphatic carbocycles. The summed E-state index contributed by atoms with van der Waals surface area (Å²) in [5, 5.41) is 18.0. The molecule has 0 radical (unpaired) electrons. The van der Waals surface area contributed by atoms with Gasteiger partial charge in [0.2, 0.25) is 0 Å². The summed E-state index contributed by atoms with van der Waals surface area (Å²) in [6.07, 6.45) is 0. The number of benzene rings is 3. The van der Waals surface area contributed by atoms with Gasteiger partial charge in [0, 0.05) is 59.9 Å². The van der Waals surface area contributed by atoms with Gasteiger partial charge in [0.05, 0.1) is 10.6 Å². The Hall–Kier alpha value is -3.43. The molecule has 178 valence electrons. The molecule has 35 heavy (non-hydrogen) atoms. The second-order valence-electron chi connectivity index (χ2n) is 8.29. The number of nitro groups is 1. The minimum Gasteiger partial charge on any atom is -0.375 e. The zero-order valence-electron chi connectivity index (χ0n) is 18.9. The molecule has 1 fully saturated rings. The van der Waals surface area contributed by atoms with Crippen LogP contribution >= 0.6 is 27.3 Å². The van der Waals surface area contributed by atoms with Crippen molar-refractivity contribution in [2.45, 2.75) is 6.54 Å². The Labute approximate surface area is 216 Å². The van der Waals surface area contributed by atoms with Gasteiger partial charge in [-0.1, -0.05) is 58.4 Å². The summed E-state index contributed by atoms with van der Waals surface area (Å²) in [5.41, 5.74) is 4.79. The molecule has 0 bridgehead atoms. The number of thiazole rings is 1. The van der Waals surface area contributed by atoms with Crippen LogP contribution in [0.1, 0.15) is 5.56 Å². The van der Waals surface area contributed by atoms with Crippen molar-refractivity contribution >= 4 is 49.5 Å². The Morgan fingerprint density at radius 1 is 0.971 bits per heavy atom. The largest absolute Gasteiger partial charge is 0.375 e. The molecule has 4 aromatic rings. The Morgan fingerprint density at radius 3 is 2.40 bits per heavy atom. The fourth-order valence-corrected chi connectivity index (χ4v) is 5.29. The third-order valence-corrected chi connectivity index (χ3v) is 7.48. The minimum atomic E-state index is -0.333. The van der Waals surface area contributed by atoms with Crippen LogP contribution in [0.3, 0.4) is 0 Å². The highest BCUT2D eigenvalue weighted by molar-refractivity contribution is 9.10. The summed E-state index contributed by atoms with van der Waals surface area (Å²) < 4.78 is 1.05. The smallest absolute Gasteiger partial charge is 0.292 e. The maximum Gasteiger partial charge on any atom is 0.292 e. The topological polar surface area (TPSA) is 74.5 Å². The highest BCUT2D eigenvalue weighted by Gasteiger charge is 2.22. The molecule has 1 aliphatic rings. The SMILES string of the molecule is O=[N+]([O-])c1ccc(N2CCN(c3nc(-c4ccc(Br)cc4)cs3)CC2)cc1NCc1ccccc1. The molecular formula is C26H24BrN5O2S. The van der Waals surface area contributed by atoms with Crippen LogP contribution < -0.4 is 15.1 Å². The van der Waals surface area contributed by atoms with Crippen LogP contribution in [0.4, 0.5) is 22.2 Å². The zero-order chi connectivity index (χ0) is 24.2. The van der Waals surface area contributed by atoms with Crippen LogP contribution in [-0.4, -0.2) is 36.1 Å². The summed E-state index contributed by atoms with van der Waals surface area (Å²) in [7, 11) is 0. The number of rotatable bonds is 7. The van der Waals surface area contributed by atoms with Crippen molar-refractivity contribution < 1.29 is 4.92 Å². The van der Waals surface area contributed by atoms with E-state index in [1.165, 1.54) is 0 Å². The number of halogens is 1. The van der Waals surface area contributed by atoms with Gasteiger partial charge in [0.25, 0.3) is 5.69 Å². The van der Waals surface area contributed by atoms with Gasteiger partial charge in [-0.2, -0.15) is 0 Å². The number of aromatic nitrogens is 1. The van der Waals surface area contributed by atoms with Gasteiger partial charge in [0.1, 0.15) is 5.69 Å². The highest BCUT2D eigenvalue weighted by Crippen LogP contribution is 2.32. The number of nitrogens with one attached hydrogen (secondary N) is 1. The maximum absolute atomic E-state index is 11.6. The average Bonchev–Trinajstić information content (AvgIpc) is 3.39. The quantitative estimate of drug-likeness (QED) is 0.212. The van der Waals surface area contributed by atoms with Gasteiger partial charge in [-0.3, -0.25) is 10.1 Å². The van der Waals surface area contributed by atoms with E-state index in [1.54, 1.807) is 17.4 Å². The summed E-state index contributed by atoms with van der Waals surface area (Å²) in [6.45, 7) is 3.87. The third-order valence-electron chi connectivity index (χ3n) is 6.05. The fraction of sp³-hybridized carbons (Fsp3) is 0.192. The minimum absolute atomic E-state index is 0.0894. The Kier molecular flexibility index (Phi) is 6.96. The molecule has 0 saturated carbocycles. The monoisotopic (exact) mass is 549 g/mol. The van der Waals surface area contributed by atoms with Crippen LogP contribution in [0.5, 0.6) is 0 Å². The fourth-order valence-electron chi connectivity index (χ4n) is 4.13. The molecular weight excluding hydrogens is 526 g/mol. The van der Waals surface area contributed by atoms with E-state index in [9.17, 15) is 10.1 Å². The molecule has 1 saturated heterocycles. The lowest BCUT2D eigenvalue weighted by molar-refractivity contribution is -0.384. The van der Waals surface area contributed by atoms with Crippen molar-refractivity contribution in [3.63, 3.8) is 0 Å². The Balaban J connectivity index is 1.26. The van der Waals surface area contributed by atoms with Gasteiger partial charge >= 0.3 is 0 Å². The van der Waals surface area contributed by atoms with Gasteiger partial charge in [-0.15, -0.1) is 11.3 Å². The highest BCUT2D eigenvalue weighted by atomic mass is 79.9. The van der Waals surface area contributed by atoms with Gasteiger partial charge in [-0.05, 0) is 29.8 Å². The molecule has 2 heterocycles. The second kappa shape index (κ2) is 10.5. The summed E-state index contributed by atoms with van der Waals surface area (Å²) >= 11 is 5.14. The second-order valence-corrected chi connectivity index (χ2v) is 10.0.